The van der Waals surface area contributed by atoms with Gasteiger partial charge in [-0.15, -0.1) is 0 Å². The van der Waals surface area contributed by atoms with Crippen molar-refractivity contribution < 1.29 is 9.53 Å². The Hall–Kier alpha value is -1.35. The molecule has 0 heterocycles. The van der Waals surface area contributed by atoms with Crippen LogP contribution in [-0.4, -0.2) is 13.1 Å². The van der Waals surface area contributed by atoms with E-state index >= 15 is 0 Å². The minimum absolute atomic E-state index is 0.293. The van der Waals surface area contributed by atoms with Gasteiger partial charge in [-0.3, -0.25) is 4.79 Å². The maximum absolute atomic E-state index is 11.5. The number of methoxy groups -OCH3 is 1. The lowest BCUT2D eigenvalue weighted by Gasteiger charge is -2.28. The summed E-state index contributed by atoms with van der Waals surface area (Å²) in [7, 11) is 1.38. The Morgan fingerprint density at radius 2 is 1.87 bits per heavy atom. The molecule has 3 heteroatoms. The van der Waals surface area contributed by atoms with Gasteiger partial charge >= 0.3 is 5.97 Å². The molecular weight excluding hydrogens is 190 g/mol. The highest BCUT2D eigenvalue weighted by molar-refractivity contribution is 5.77. The van der Waals surface area contributed by atoms with Gasteiger partial charge in [-0.05, 0) is 19.4 Å². The molecule has 82 valence electrons. The molecule has 0 radical (unpaired) electrons. The third-order valence-electron chi connectivity index (χ3n) is 2.65. The molecule has 1 aromatic carbocycles. The topological polar surface area (TPSA) is 52.3 Å². The molecule has 0 unspecified atom stereocenters. The Morgan fingerprint density at radius 3 is 2.33 bits per heavy atom. The van der Waals surface area contributed by atoms with Crippen molar-refractivity contribution in [2.24, 2.45) is 11.1 Å². The van der Waals surface area contributed by atoms with Crippen molar-refractivity contribution in [3.8, 4) is 0 Å². The number of ether oxygens (including phenoxy) is 1. The van der Waals surface area contributed by atoms with Crippen molar-refractivity contribution in [3.05, 3.63) is 35.9 Å². The van der Waals surface area contributed by atoms with Gasteiger partial charge in [-0.2, -0.15) is 0 Å². The van der Waals surface area contributed by atoms with Gasteiger partial charge in [0.15, 0.2) is 0 Å². The first kappa shape index (κ1) is 11.7. The summed E-state index contributed by atoms with van der Waals surface area (Å²) in [6.07, 6.45) is 0. The largest absolute Gasteiger partial charge is 0.469 e. The fourth-order valence-electron chi connectivity index (χ4n) is 1.47. The van der Waals surface area contributed by atoms with E-state index in [0.29, 0.717) is 0 Å². The number of esters is 1. The van der Waals surface area contributed by atoms with Crippen LogP contribution in [0.25, 0.3) is 0 Å². The fourth-order valence-corrected chi connectivity index (χ4v) is 1.47. The molecule has 0 aliphatic heterocycles. The maximum atomic E-state index is 11.5. The van der Waals surface area contributed by atoms with E-state index < -0.39 is 5.41 Å². The lowest BCUT2D eigenvalue weighted by molar-refractivity contribution is -0.152. The van der Waals surface area contributed by atoms with Crippen molar-refractivity contribution in [1.29, 1.82) is 0 Å². The van der Waals surface area contributed by atoms with Crippen LogP contribution in [0.3, 0.4) is 0 Å². The lowest BCUT2D eigenvalue weighted by atomic mass is 9.81. The minimum atomic E-state index is -0.712. The summed E-state index contributed by atoms with van der Waals surface area (Å²) in [5.74, 6) is -0.293. The summed E-state index contributed by atoms with van der Waals surface area (Å²) < 4.78 is 4.74. The molecule has 0 saturated carbocycles. The summed E-state index contributed by atoms with van der Waals surface area (Å²) >= 11 is 0. The SMILES string of the molecule is COC(=O)C(C)(C)[C@H](N)c1ccccc1. The van der Waals surface area contributed by atoms with Crippen LogP contribution in [0, 0.1) is 5.41 Å². The van der Waals surface area contributed by atoms with Gasteiger partial charge in [0.1, 0.15) is 0 Å². The van der Waals surface area contributed by atoms with E-state index in [2.05, 4.69) is 0 Å². The predicted octanol–water partition coefficient (Wildman–Crippen LogP) is 1.89. The van der Waals surface area contributed by atoms with E-state index in [4.69, 9.17) is 10.5 Å². The molecule has 0 amide bonds. The molecule has 0 aliphatic carbocycles. The van der Waals surface area contributed by atoms with Crippen LogP contribution in [0.2, 0.25) is 0 Å². The van der Waals surface area contributed by atoms with Gasteiger partial charge in [0.05, 0.1) is 12.5 Å². The second-order valence-electron chi connectivity index (χ2n) is 4.10. The van der Waals surface area contributed by atoms with E-state index in [0.717, 1.165) is 5.56 Å². The Kier molecular flexibility index (Phi) is 3.48. The van der Waals surface area contributed by atoms with Crippen LogP contribution in [0.1, 0.15) is 25.5 Å². The van der Waals surface area contributed by atoms with Crippen molar-refractivity contribution in [1.82, 2.24) is 0 Å². The molecule has 0 saturated heterocycles. The molecule has 15 heavy (non-hydrogen) atoms. The number of rotatable bonds is 3. The highest BCUT2D eigenvalue weighted by Crippen LogP contribution is 2.32. The number of hydrogen-bond donors (Lipinski definition) is 1. The van der Waals surface area contributed by atoms with Gasteiger partial charge < -0.3 is 10.5 Å². The monoisotopic (exact) mass is 207 g/mol. The quantitative estimate of drug-likeness (QED) is 0.770. The van der Waals surface area contributed by atoms with E-state index in [-0.39, 0.29) is 12.0 Å². The van der Waals surface area contributed by atoms with E-state index in [1.54, 1.807) is 13.8 Å². The smallest absolute Gasteiger partial charge is 0.313 e. The van der Waals surface area contributed by atoms with Gasteiger partial charge in [0, 0.05) is 6.04 Å². The van der Waals surface area contributed by atoms with Crippen molar-refractivity contribution in [2.45, 2.75) is 19.9 Å². The molecule has 2 N–H and O–H groups in total. The van der Waals surface area contributed by atoms with Gasteiger partial charge in [0.25, 0.3) is 0 Å². The predicted molar refractivity (Wildman–Crippen MR) is 59.2 cm³/mol. The van der Waals surface area contributed by atoms with Crippen molar-refractivity contribution >= 4 is 5.97 Å². The minimum Gasteiger partial charge on any atom is -0.469 e. The van der Waals surface area contributed by atoms with Crippen LogP contribution in [0.4, 0.5) is 0 Å². The molecule has 0 aliphatic rings. The normalized spacial score (nSPS) is 13.3. The molecule has 0 spiro atoms. The summed E-state index contributed by atoms with van der Waals surface area (Å²) in [5.41, 5.74) is 6.27. The molecule has 0 aromatic heterocycles. The Morgan fingerprint density at radius 1 is 1.33 bits per heavy atom. The van der Waals surface area contributed by atoms with Crippen molar-refractivity contribution in [3.63, 3.8) is 0 Å². The highest BCUT2D eigenvalue weighted by Gasteiger charge is 2.36. The maximum Gasteiger partial charge on any atom is 0.313 e. The zero-order chi connectivity index (χ0) is 11.5. The molecule has 0 bridgehead atoms. The Labute approximate surface area is 90.2 Å². The van der Waals surface area contributed by atoms with Crippen LogP contribution in [-0.2, 0) is 9.53 Å². The number of benzene rings is 1. The first-order chi connectivity index (χ1) is 7.00. The average molecular weight is 207 g/mol. The molecule has 3 nitrogen and oxygen atoms in total. The number of carbonyl (C=O) groups excluding carboxylic acids is 1. The Balaban J connectivity index is 2.94. The van der Waals surface area contributed by atoms with Crippen LogP contribution < -0.4 is 5.73 Å². The molecular formula is C12H17NO2. The summed E-state index contributed by atoms with van der Waals surface area (Å²) in [6, 6.07) is 9.20. The zero-order valence-corrected chi connectivity index (χ0v) is 9.36. The number of hydrogen-bond acceptors (Lipinski definition) is 3. The first-order valence-electron chi connectivity index (χ1n) is 4.89. The standard InChI is InChI=1S/C12H17NO2/c1-12(2,11(14)15-3)10(13)9-7-5-4-6-8-9/h4-8,10H,13H2,1-3H3/t10-/m1/s1. The van der Waals surface area contributed by atoms with Crippen LogP contribution >= 0.6 is 0 Å². The van der Waals surface area contributed by atoms with Crippen LogP contribution in [0.15, 0.2) is 30.3 Å². The van der Waals surface area contributed by atoms with Gasteiger partial charge in [-0.25, -0.2) is 0 Å². The van der Waals surface area contributed by atoms with E-state index in [1.165, 1.54) is 7.11 Å². The van der Waals surface area contributed by atoms with E-state index in [9.17, 15) is 4.79 Å². The van der Waals surface area contributed by atoms with Crippen LogP contribution in [0.5, 0.6) is 0 Å². The highest BCUT2D eigenvalue weighted by atomic mass is 16.5. The fraction of sp³-hybridized carbons (Fsp3) is 0.417. The number of carbonyl (C=O) groups is 1. The first-order valence-corrected chi connectivity index (χ1v) is 4.89. The van der Waals surface area contributed by atoms with Gasteiger partial charge in [0.2, 0.25) is 0 Å². The third-order valence-corrected chi connectivity index (χ3v) is 2.65. The zero-order valence-electron chi connectivity index (χ0n) is 9.36. The molecule has 1 rings (SSSR count). The molecule has 0 fully saturated rings. The third kappa shape index (κ3) is 2.36. The summed E-state index contributed by atoms with van der Waals surface area (Å²) in [5, 5.41) is 0. The molecule has 1 aromatic rings. The molecule has 1 atom stereocenters. The summed E-state index contributed by atoms with van der Waals surface area (Å²) in [4.78, 5) is 11.5. The summed E-state index contributed by atoms with van der Waals surface area (Å²) in [6.45, 7) is 3.58. The number of nitrogens with two attached hydrogens (primary N) is 1. The van der Waals surface area contributed by atoms with Gasteiger partial charge in [-0.1, -0.05) is 30.3 Å². The second-order valence-corrected chi connectivity index (χ2v) is 4.10. The van der Waals surface area contributed by atoms with E-state index in [1.807, 2.05) is 30.3 Å². The second kappa shape index (κ2) is 4.45. The average Bonchev–Trinajstić information content (AvgIpc) is 2.28. The Bertz CT molecular complexity index is 333. The van der Waals surface area contributed by atoms with Crippen molar-refractivity contribution in [2.75, 3.05) is 7.11 Å². The lowest BCUT2D eigenvalue weighted by Crippen LogP contribution is -2.37.